The molecule has 1 aliphatic rings. The van der Waals surface area contributed by atoms with Gasteiger partial charge in [-0.05, 0) is 26.0 Å². The van der Waals surface area contributed by atoms with E-state index in [1.807, 2.05) is 31.3 Å². The minimum atomic E-state index is -0.0488. The average Bonchev–Trinajstić information content (AvgIpc) is 3.05. The summed E-state index contributed by atoms with van der Waals surface area (Å²) in [4.78, 5) is 12.2. The first-order valence-electron chi connectivity index (χ1n) is 6.63. The van der Waals surface area contributed by atoms with Gasteiger partial charge in [-0.3, -0.25) is 4.79 Å². The first-order valence-corrected chi connectivity index (χ1v) is 6.63. The van der Waals surface area contributed by atoms with E-state index >= 15 is 0 Å². The molecule has 1 heterocycles. The average molecular weight is 258 g/mol. The third-order valence-corrected chi connectivity index (χ3v) is 3.86. The van der Waals surface area contributed by atoms with Crippen LogP contribution in [0.3, 0.4) is 0 Å². The summed E-state index contributed by atoms with van der Waals surface area (Å²) < 4.78 is 5.39. The van der Waals surface area contributed by atoms with Crippen LogP contribution in [0.4, 0.5) is 0 Å². The molecule has 0 saturated heterocycles. The molecule has 1 fully saturated rings. The molecule has 2 N–H and O–H groups in total. The molecule has 1 amide bonds. The van der Waals surface area contributed by atoms with Gasteiger partial charge in [0, 0.05) is 23.9 Å². The van der Waals surface area contributed by atoms with Crippen molar-refractivity contribution in [3.05, 3.63) is 36.1 Å². The van der Waals surface area contributed by atoms with E-state index < -0.39 is 0 Å². The van der Waals surface area contributed by atoms with Crippen molar-refractivity contribution in [3.8, 4) is 0 Å². The van der Waals surface area contributed by atoms with Gasteiger partial charge in [-0.15, -0.1) is 0 Å². The highest BCUT2D eigenvalue weighted by Gasteiger charge is 2.42. The molecule has 0 aliphatic heterocycles. The van der Waals surface area contributed by atoms with Crippen molar-refractivity contribution in [1.29, 1.82) is 0 Å². The van der Waals surface area contributed by atoms with Crippen LogP contribution in [0.15, 0.2) is 34.9 Å². The van der Waals surface area contributed by atoms with Crippen LogP contribution in [-0.4, -0.2) is 26.0 Å². The number of para-hydroxylation sites is 1. The summed E-state index contributed by atoms with van der Waals surface area (Å²) in [5, 5.41) is 7.09. The summed E-state index contributed by atoms with van der Waals surface area (Å²) in [5.41, 5.74) is 1.64. The van der Waals surface area contributed by atoms with Crippen LogP contribution in [0.5, 0.6) is 0 Å². The molecule has 3 rings (SSSR count). The topological polar surface area (TPSA) is 54.3 Å². The summed E-state index contributed by atoms with van der Waals surface area (Å²) in [6, 6.07) is 7.60. The lowest BCUT2D eigenvalue weighted by Gasteiger charge is -2.14. The minimum absolute atomic E-state index is 0.0488. The van der Waals surface area contributed by atoms with Gasteiger partial charge in [0.15, 0.2) is 0 Å². The third kappa shape index (κ3) is 2.36. The Morgan fingerprint density at radius 1 is 1.32 bits per heavy atom. The standard InChI is InChI=1S/C15H18N2O2/c1-16-9-15(6-7-15)10-17-14(18)12-8-19-13-5-3-2-4-11(12)13/h2-5,8,16H,6-7,9-10H2,1H3,(H,17,18). The Kier molecular flexibility index (Phi) is 3.03. The number of hydrogen-bond acceptors (Lipinski definition) is 3. The predicted molar refractivity (Wildman–Crippen MR) is 74.1 cm³/mol. The fraction of sp³-hybridized carbons (Fsp3) is 0.400. The van der Waals surface area contributed by atoms with E-state index in [0.717, 1.165) is 24.1 Å². The maximum absolute atomic E-state index is 12.2. The Hall–Kier alpha value is -1.81. The Morgan fingerprint density at radius 2 is 2.11 bits per heavy atom. The summed E-state index contributed by atoms with van der Waals surface area (Å²) in [5.74, 6) is -0.0488. The van der Waals surface area contributed by atoms with Gasteiger partial charge < -0.3 is 15.1 Å². The van der Waals surface area contributed by atoms with Crippen molar-refractivity contribution in [3.63, 3.8) is 0 Å². The summed E-state index contributed by atoms with van der Waals surface area (Å²) in [6.07, 6.45) is 3.90. The number of nitrogens with one attached hydrogen (secondary N) is 2. The summed E-state index contributed by atoms with van der Waals surface area (Å²) in [7, 11) is 1.95. The van der Waals surface area contributed by atoms with Gasteiger partial charge in [-0.2, -0.15) is 0 Å². The zero-order valence-electron chi connectivity index (χ0n) is 11.0. The van der Waals surface area contributed by atoms with E-state index in [4.69, 9.17) is 4.42 Å². The molecule has 0 bridgehead atoms. The van der Waals surface area contributed by atoms with Crippen molar-refractivity contribution < 1.29 is 9.21 Å². The smallest absolute Gasteiger partial charge is 0.255 e. The van der Waals surface area contributed by atoms with Gasteiger partial charge in [0.2, 0.25) is 0 Å². The minimum Gasteiger partial charge on any atom is -0.463 e. The number of fused-ring (bicyclic) bond motifs is 1. The molecule has 4 nitrogen and oxygen atoms in total. The fourth-order valence-corrected chi connectivity index (χ4v) is 2.48. The number of hydrogen-bond donors (Lipinski definition) is 2. The monoisotopic (exact) mass is 258 g/mol. The molecule has 1 aromatic carbocycles. The van der Waals surface area contributed by atoms with Crippen LogP contribution in [-0.2, 0) is 0 Å². The normalized spacial score (nSPS) is 16.5. The number of carbonyl (C=O) groups excluding carboxylic acids is 1. The fourth-order valence-electron chi connectivity index (χ4n) is 2.48. The molecule has 0 unspecified atom stereocenters. The lowest BCUT2D eigenvalue weighted by Crippen LogP contribution is -2.34. The highest BCUT2D eigenvalue weighted by atomic mass is 16.3. The lowest BCUT2D eigenvalue weighted by atomic mass is 10.1. The second kappa shape index (κ2) is 4.70. The first kappa shape index (κ1) is 12.2. The van der Waals surface area contributed by atoms with Crippen LogP contribution in [0.2, 0.25) is 0 Å². The highest BCUT2D eigenvalue weighted by Crippen LogP contribution is 2.44. The zero-order chi connectivity index (χ0) is 13.3. The number of rotatable bonds is 5. The van der Waals surface area contributed by atoms with Gasteiger partial charge in [-0.1, -0.05) is 18.2 Å². The highest BCUT2D eigenvalue weighted by molar-refractivity contribution is 6.05. The van der Waals surface area contributed by atoms with E-state index in [2.05, 4.69) is 10.6 Å². The van der Waals surface area contributed by atoms with Crippen LogP contribution in [0, 0.1) is 5.41 Å². The second-order valence-electron chi connectivity index (χ2n) is 5.36. The van der Waals surface area contributed by atoms with E-state index in [9.17, 15) is 4.79 Å². The Balaban J connectivity index is 1.71. The van der Waals surface area contributed by atoms with Crippen LogP contribution in [0.1, 0.15) is 23.2 Å². The lowest BCUT2D eigenvalue weighted by molar-refractivity contribution is 0.0945. The van der Waals surface area contributed by atoms with E-state index in [0.29, 0.717) is 5.56 Å². The van der Waals surface area contributed by atoms with Crippen molar-refractivity contribution in [2.45, 2.75) is 12.8 Å². The predicted octanol–water partition coefficient (Wildman–Crippen LogP) is 2.16. The van der Waals surface area contributed by atoms with E-state index in [-0.39, 0.29) is 11.3 Å². The number of amides is 1. The number of benzene rings is 1. The first-order chi connectivity index (χ1) is 9.24. The maximum atomic E-state index is 12.2. The van der Waals surface area contributed by atoms with Crippen molar-refractivity contribution >= 4 is 16.9 Å². The van der Waals surface area contributed by atoms with Gasteiger partial charge in [0.1, 0.15) is 11.8 Å². The Morgan fingerprint density at radius 3 is 2.84 bits per heavy atom. The van der Waals surface area contributed by atoms with Gasteiger partial charge in [0.05, 0.1) is 5.56 Å². The number of furan rings is 1. The second-order valence-corrected chi connectivity index (χ2v) is 5.36. The molecule has 1 aromatic heterocycles. The molecule has 0 spiro atoms. The molecule has 4 heteroatoms. The van der Waals surface area contributed by atoms with Gasteiger partial charge in [-0.25, -0.2) is 0 Å². The third-order valence-electron chi connectivity index (χ3n) is 3.86. The quantitative estimate of drug-likeness (QED) is 0.864. The SMILES string of the molecule is CNCC1(CNC(=O)c2coc3ccccc23)CC1. The molecule has 1 aliphatic carbocycles. The molecule has 100 valence electrons. The molecular formula is C15H18N2O2. The largest absolute Gasteiger partial charge is 0.463 e. The molecule has 19 heavy (non-hydrogen) atoms. The van der Waals surface area contributed by atoms with E-state index in [1.54, 1.807) is 0 Å². The van der Waals surface area contributed by atoms with Crippen LogP contribution in [0.25, 0.3) is 11.0 Å². The Bertz CT molecular complexity index is 599. The summed E-state index contributed by atoms with van der Waals surface area (Å²) in [6.45, 7) is 1.69. The number of carbonyl (C=O) groups is 1. The molecule has 1 saturated carbocycles. The molecular weight excluding hydrogens is 240 g/mol. The summed E-state index contributed by atoms with van der Waals surface area (Å²) >= 11 is 0. The Labute approximate surface area is 112 Å². The molecule has 0 radical (unpaired) electrons. The van der Waals surface area contributed by atoms with Crippen LogP contribution >= 0.6 is 0 Å². The van der Waals surface area contributed by atoms with Crippen LogP contribution < -0.4 is 10.6 Å². The van der Waals surface area contributed by atoms with Gasteiger partial charge in [0.25, 0.3) is 5.91 Å². The zero-order valence-corrected chi connectivity index (χ0v) is 11.0. The molecule has 2 aromatic rings. The van der Waals surface area contributed by atoms with Crippen molar-refractivity contribution in [2.75, 3.05) is 20.1 Å². The van der Waals surface area contributed by atoms with E-state index in [1.165, 1.54) is 19.1 Å². The van der Waals surface area contributed by atoms with Crippen molar-refractivity contribution in [1.82, 2.24) is 10.6 Å². The van der Waals surface area contributed by atoms with Gasteiger partial charge >= 0.3 is 0 Å². The molecule has 0 atom stereocenters. The maximum Gasteiger partial charge on any atom is 0.255 e. The van der Waals surface area contributed by atoms with Crippen molar-refractivity contribution in [2.24, 2.45) is 5.41 Å².